The van der Waals surface area contributed by atoms with Gasteiger partial charge in [0.15, 0.2) is 0 Å². The third-order valence-corrected chi connectivity index (χ3v) is 4.64. The van der Waals surface area contributed by atoms with Crippen molar-refractivity contribution < 1.29 is 0 Å². The van der Waals surface area contributed by atoms with E-state index in [9.17, 15) is 0 Å². The first kappa shape index (κ1) is 8.28. The van der Waals surface area contributed by atoms with E-state index in [1.165, 1.54) is 19.4 Å². The predicted octanol–water partition coefficient (Wildman–Crippen LogP) is 2.42. The van der Waals surface area contributed by atoms with Gasteiger partial charge in [-0.25, -0.2) is 0 Å². The third-order valence-electron chi connectivity index (χ3n) is 4.64. The minimum absolute atomic E-state index is 0.888. The van der Waals surface area contributed by atoms with Crippen LogP contribution in [0.3, 0.4) is 0 Å². The summed E-state index contributed by atoms with van der Waals surface area (Å²) in [4.78, 5) is 0. The second-order valence-corrected chi connectivity index (χ2v) is 5.66. The topological polar surface area (TPSA) is 12.0 Å². The Morgan fingerprint density at radius 1 is 1.15 bits per heavy atom. The van der Waals surface area contributed by atoms with E-state index in [1.807, 2.05) is 0 Å². The van der Waals surface area contributed by atoms with Crippen LogP contribution in [0, 0.1) is 23.7 Å². The fraction of sp³-hybridized carbons (Fsp3) is 1.00. The van der Waals surface area contributed by atoms with Crippen LogP contribution in [0.15, 0.2) is 0 Å². The molecular formula is C12H21N. The Balaban J connectivity index is 1.46. The van der Waals surface area contributed by atoms with Gasteiger partial charge in [-0.15, -0.1) is 0 Å². The highest BCUT2D eigenvalue weighted by Gasteiger charge is 2.40. The van der Waals surface area contributed by atoms with Crippen molar-refractivity contribution in [2.75, 3.05) is 6.54 Å². The van der Waals surface area contributed by atoms with Crippen molar-refractivity contribution in [2.45, 2.75) is 45.1 Å². The Kier molecular flexibility index (Phi) is 1.90. The predicted molar refractivity (Wildman–Crippen MR) is 54.5 cm³/mol. The minimum Gasteiger partial charge on any atom is -0.313 e. The molecule has 1 heteroatoms. The summed E-state index contributed by atoms with van der Waals surface area (Å²) in [6.45, 7) is 3.69. The molecule has 0 heterocycles. The zero-order valence-electron chi connectivity index (χ0n) is 8.63. The first-order valence-corrected chi connectivity index (χ1v) is 6.06. The van der Waals surface area contributed by atoms with Gasteiger partial charge in [-0.05, 0) is 55.9 Å². The normalized spacial score (nSPS) is 52.8. The largest absolute Gasteiger partial charge is 0.313 e. The highest BCUT2D eigenvalue weighted by molar-refractivity contribution is 4.94. The molecule has 0 aromatic carbocycles. The Labute approximate surface area is 81.3 Å². The summed E-state index contributed by atoms with van der Waals surface area (Å²) in [6, 6.07) is 0.888. The van der Waals surface area contributed by atoms with Crippen LogP contribution in [-0.2, 0) is 0 Å². The molecule has 3 rings (SSSR count). The molecule has 3 saturated carbocycles. The van der Waals surface area contributed by atoms with E-state index in [-0.39, 0.29) is 0 Å². The monoisotopic (exact) mass is 179 g/mol. The summed E-state index contributed by atoms with van der Waals surface area (Å²) < 4.78 is 0. The van der Waals surface area contributed by atoms with Crippen LogP contribution in [0.25, 0.3) is 0 Å². The molecule has 74 valence electrons. The molecule has 0 spiro atoms. The maximum absolute atomic E-state index is 3.73. The van der Waals surface area contributed by atoms with Gasteiger partial charge in [-0.1, -0.05) is 13.3 Å². The lowest BCUT2D eigenvalue weighted by Crippen LogP contribution is -2.28. The fourth-order valence-corrected chi connectivity index (χ4v) is 3.54. The van der Waals surface area contributed by atoms with E-state index < -0.39 is 0 Å². The molecule has 2 bridgehead atoms. The molecule has 0 aliphatic heterocycles. The molecule has 3 fully saturated rings. The van der Waals surface area contributed by atoms with Crippen LogP contribution < -0.4 is 5.32 Å². The molecule has 3 aliphatic carbocycles. The van der Waals surface area contributed by atoms with Crippen LogP contribution in [0.2, 0.25) is 0 Å². The number of nitrogens with one attached hydrogen (secondary N) is 1. The van der Waals surface area contributed by atoms with Gasteiger partial charge in [-0.3, -0.25) is 0 Å². The van der Waals surface area contributed by atoms with Crippen LogP contribution >= 0.6 is 0 Å². The third kappa shape index (κ3) is 1.52. The van der Waals surface area contributed by atoms with Gasteiger partial charge >= 0.3 is 0 Å². The van der Waals surface area contributed by atoms with Crippen molar-refractivity contribution in [1.82, 2.24) is 5.32 Å². The van der Waals surface area contributed by atoms with Gasteiger partial charge in [0.1, 0.15) is 0 Å². The van der Waals surface area contributed by atoms with E-state index in [0.717, 1.165) is 29.7 Å². The highest BCUT2D eigenvalue weighted by atomic mass is 15.0. The molecule has 0 saturated heterocycles. The smallest absolute Gasteiger partial charge is 0.00965 e. The van der Waals surface area contributed by atoms with Gasteiger partial charge in [0.25, 0.3) is 0 Å². The van der Waals surface area contributed by atoms with Gasteiger partial charge < -0.3 is 5.32 Å². The maximum atomic E-state index is 3.73. The second kappa shape index (κ2) is 2.98. The van der Waals surface area contributed by atoms with Gasteiger partial charge in [0.05, 0.1) is 0 Å². The van der Waals surface area contributed by atoms with E-state index in [0.29, 0.717) is 0 Å². The molecule has 3 aliphatic rings. The van der Waals surface area contributed by atoms with Crippen LogP contribution in [0.1, 0.15) is 39.0 Å². The Hall–Kier alpha value is -0.0400. The minimum atomic E-state index is 0.888. The zero-order chi connectivity index (χ0) is 8.84. The molecule has 0 aromatic heterocycles. The summed E-state index contributed by atoms with van der Waals surface area (Å²) in [6.07, 6.45) is 7.62. The summed E-state index contributed by atoms with van der Waals surface area (Å²) in [5.41, 5.74) is 0. The van der Waals surface area contributed by atoms with Crippen molar-refractivity contribution >= 4 is 0 Å². The Morgan fingerprint density at radius 2 is 2.00 bits per heavy atom. The first-order valence-electron chi connectivity index (χ1n) is 6.06. The number of hydrogen-bond donors (Lipinski definition) is 1. The summed E-state index contributed by atoms with van der Waals surface area (Å²) in [5, 5.41) is 3.73. The van der Waals surface area contributed by atoms with E-state index >= 15 is 0 Å². The lowest BCUT2D eigenvalue weighted by molar-refractivity contribution is 0.317. The van der Waals surface area contributed by atoms with Crippen molar-refractivity contribution in [3.05, 3.63) is 0 Å². The number of hydrogen-bond acceptors (Lipinski definition) is 1. The first-order chi connectivity index (χ1) is 6.33. The number of fused-ring (bicyclic) bond motifs is 2. The standard InChI is InChI=1S/C12H21N/c1-8-4-12(8)13-7-11-6-9-2-3-10(11)5-9/h8-13H,2-7H2,1H3. The van der Waals surface area contributed by atoms with E-state index in [1.54, 1.807) is 19.3 Å². The van der Waals surface area contributed by atoms with Gasteiger partial charge in [0.2, 0.25) is 0 Å². The maximum Gasteiger partial charge on any atom is 0.00965 e. The fourth-order valence-electron chi connectivity index (χ4n) is 3.54. The Morgan fingerprint density at radius 3 is 2.54 bits per heavy atom. The molecule has 5 unspecified atom stereocenters. The van der Waals surface area contributed by atoms with E-state index in [4.69, 9.17) is 0 Å². The van der Waals surface area contributed by atoms with Crippen LogP contribution in [0.4, 0.5) is 0 Å². The highest BCUT2D eigenvalue weighted by Crippen LogP contribution is 2.48. The molecule has 5 atom stereocenters. The zero-order valence-corrected chi connectivity index (χ0v) is 8.63. The molecular weight excluding hydrogens is 158 g/mol. The number of rotatable bonds is 3. The molecule has 0 radical (unpaired) electrons. The lowest BCUT2D eigenvalue weighted by Gasteiger charge is -2.21. The average molecular weight is 179 g/mol. The van der Waals surface area contributed by atoms with Gasteiger partial charge in [0, 0.05) is 6.04 Å². The van der Waals surface area contributed by atoms with Crippen molar-refractivity contribution in [3.63, 3.8) is 0 Å². The van der Waals surface area contributed by atoms with Crippen molar-refractivity contribution in [3.8, 4) is 0 Å². The van der Waals surface area contributed by atoms with Crippen molar-refractivity contribution in [2.24, 2.45) is 23.7 Å². The molecule has 1 nitrogen and oxygen atoms in total. The molecule has 13 heavy (non-hydrogen) atoms. The van der Waals surface area contributed by atoms with E-state index in [2.05, 4.69) is 12.2 Å². The van der Waals surface area contributed by atoms with Crippen molar-refractivity contribution in [1.29, 1.82) is 0 Å². The van der Waals surface area contributed by atoms with Crippen LogP contribution in [0.5, 0.6) is 0 Å². The second-order valence-electron chi connectivity index (χ2n) is 5.66. The summed E-state index contributed by atoms with van der Waals surface area (Å²) in [5.74, 6) is 4.24. The van der Waals surface area contributed by atoms with Gasteiger partial charge in [-0.2, -0.15) is 0 Å². The Bertz CT molecular complexity index is 201. The summed E-state index contributed by atoms with van der Waals surface area (Å²) >= 11 is 0. The van der Waals surface area contributed by atoms with Crippen LogP contribution in [-0.4, -0.2) is 12.6 Å². The SMILES string of the molecule is CC1CC1NCC1CC2CCC1C2. The summed E-state index contributed by atoms with van der Waals surface area (Å²) in [7, 11) is 0. The molecule has 0 aromatic rings. The average Bonchev–Trinajstić information content (AvgIpc) is 2.60. The molecule has 1 N–H and O–H groups in total. The quantitative estimate of drug-likeness (QED) is 0.701. The molecule has 0 amide bonds. The lowest BCUT2D eigenvalue weighted by atomic mass is 9.89.